The highest BCUT2D eigenvalue weighted by atomic mass is 32.1. The third-order valence-electron chi connectivity index (χ3n) is 3.62. The second kappa shape index (κ2) is 5.73. The Labute approximate surface area is 130 Å². The quantitative estimate of drug-likeness (QED) is 0.942. The molecule has 0 fully saturated rings. The average molecular weight is 305 g/mol. The number of methoxy groups -OCH3 is 1. The van der Waals surface area contributed by atoms with Crippen molar-refractivity contribution in [2.45, 2.75) is 46.1 Å². The van der Waals surface area contributed by atoms with Gasteiger partial charge in [0.2, 0.25) is 0 Å². The largest absolute Gasteiger partial charge is 0.496 e. The molecule has 0 saturated carbocycles. The van der Waals surface area contributed by atoms with Gasteiger partial charge in [-0.3, -0.25) is 0 Å². The van der Waals surface area contributed by atoms with E-state index >= 15 is 0 Å². The zero-order chi connectivity index (χ0) is 15.8. The van der Waals surface area contributed by atoms with Gasteiger partial charge in [0.25, 0.3) is 0 Å². The van der Waals surface area contributed by atoms with Crippen molar-refractivity contribution in [2.75, 3.05) is 7.11 Å². The molecule has 2 aromatic rings. The number of ether oxygens (including phenoxy) is 1. The molecule has 21 heavy (non-hydrogen) atoms. The van der Waals surface area contributed by atoms with Gasteiger partial charge in [-0.25, -0.2) is 0 Å². The van der Waals surface area contributed by atoms with E-state index in [1.165, 1.54) is 11.5 Å². The Morgan fingerprint density at radius 1 is 1.19 bits per heavy atom. The molecular formula is C16H23N3OS. The van der Waals surface area contributed by atoms with E-state index < -0.39 is 0 Å². The van der Waals surface area contributed by atoms with Gasteiger partial charge in [-0.2, -0.15) is 0 Å². The summed E-state index contributed by atoms with van der Waals surface area (Å²) in [6, 6.07) is 3.93. The second-order valence-corrected chi connectivity index (χ2v) is 7.18. The molecule has 2 rings (SSSR count). The minimum atomic E-state index is -0.205. The minimum absolute atomic E-state index is 0.0601. The maximum atomic E-state index is 6.51. The van der Waals surface area contributed by atoms with Crippen molar-refractivity contribution in [3.05, 3.63) is 39.4 Å². The highest BCUT2D eigenvalue weighted by Gasteiger charge is 2.27. The molecule has 1 aromatic heterocycles. The van der Waals surface area contributed by atoms with E-state index in [4.69, 9.17) is 10.5 Å². The number of hydrogen-bond donors (Lipinski definition) is 1. The molecule has 0 saturated heterocycles. The Hall–Kier alpha value is -1.46. The summed E-state index contributed by atoms with van der Waals surface area (Å²) in [5, 5.41) is 4.28. The molecule has 4 nitrogen and oxygen atoms in total. The fraction of sp³-hybridized carbons (Fsp3) is 0.500. The molecule has 0 bridgehead atoms. The lowest BCUT2D eigenvalue weighted by Gasteiger charge is -2.21. The lowest BCUT2D eigenvalue weighted by Crippen LogP contribution is -2.20. The minimum Gasteiger partial charge on any atom is -0.496 e. The smallest absolute Gasteiger partial charge is 0.122 e. The predicted molar refractivity (Wildman–Crippen MR) is 87.1 cm³/mol. The van der Waals surface area contributed by atoms with Crippen LogP contribution in [0.3, 0.4) is 0 Å². The number of hydrogen-bond acceptors (Lipinski definition) is 5. The van der Waals surface area contributed by atoms with Crippen LogP contribution in [0.25, 0.3) is 0 Å². The topological polar surface area (TPSA) is 61.0 Å². The van der Waals surface area contributed by atoms with E-state index in [9.17, 15) is 0 Å². The lowest BCUT2D eigenvalue weighted by atomic mass is 9.88. The predicted octanol–water partition coefficient (Wildman–Crippen LogP) is 3.51. The normalized spacial score (nSPS) is 13.3. The molecule has 0 radical (unpaired) electrons. The summed E-state index contributed by atoms with van der Waals surface area (Å²) in [6.07, 6.45) is 0. The van der Waals surface area contributed by atoms with E-state index in [-0.39, 0.29) is 11.5 Å². The van der Waals surface area contributed by atoms with Gasteiger partial charge in [0.15, 0.2) is 0 Å². The number of aromatic nitrogens is 2. The van der Waals surface area contributed by atoms with Gasteiger partial charge in [-0.05, 0) is 48.1 Å². The summed E-state index contributed by atoms with van der Waals surface area (Å²) in [4.78, 5) is 1.04. The Morgan fingerprint density at radius 2 is 1.86 bits per heavy atom. The summed E-state index contributed by atoms with van der Waals surface area (Å²) >= 11 is 1.39. The van der Waals surface area contributed by atoms with Crippen molar-refractivity contribution < 1.29 is 4.74 Å². The Kier molecular flexibility index (Phi) is 4.35. The molecule has 0 spiro atoms. The summed E-state index contributed by atoms with van der Waals surface area (Å²) in [6.45, 7) is 10.5. The lowest BCUT2D eigenvalue weighted by molar-refractivity contribution is 0.411. The summed E-state index contributed by atoms with van der Waals surface area (Å²) in [7, 11) is 1.69. The number of aryl methyl sites for hydroxylation is 2. The van der Waals surface area contributed by atoms with E-state index in [1.807, 2.05) is 13.0 Å². The van der Waals surface area contributed by atoms with Crippen molar-refractivity contribution in [2.24, 2.45) is 5.73 Å². The monoisotopic (exact) mass is 305 g/mol. The first-order valence-electron chi connectivity index (χ1n) is 6.99. The molecule has 2 N–H and O–H groups in total. The average Bonchev–Trinajstić information content (AvgIpc) is 2.89. The van der Waals surface area contributed by atoms with Crippen molar-refractivity contribution in [1.82, 2.24) is 9.59 Å². The number of benzene rings is 1. The second-order valence-electron chi connectivity index (χ2n) is 6.39. The van der Waals surface area contributed by atoms with Crippen molar-refractivity contribution in [3.8, 4) is 5.75 Å². The third kappa shape index (κ3) is 3.09. The molecule has 0 aliphatic heterocycles. The molecule has 1 aromatic carbocycles. The van der Waals surface area contributed by atoms with Crippen LogP contribution < -0.4 is 10.5 Å². The van der Waals surface area contributed by atoms with Crippen molar-refractivity contribution >= 4 is 11.5 Å². The molecule has 114 valence electrons. The first kappa shape index (κ1) is 15.9. The molecule has 1 unspecified atom stereocenters. The summed E-state index contributed by atoms with van der Waals surface area (Å²) in [5.74, 6) is 0.891. The number of rotatable bonds is 3. The maximum Gasteiger partial charge on any atom is 0.122 e. The Balaban J connectivity index is 2.49. The van der Waals surface area contributed by atoms with Gasteiger partial charge in [0.1, 0.15) is 5.75 Å². The van der Waals surface area contributed by atoms with E-state index in [1.54, 1.807) is 7.11 Å². The molecule has 0 amide bonds. The van der Waals surface area contributed by atoms with Gasteiger partial charge in [0.05, 0.1) is 23.7 Å². The Morgan fingerprint density at radius 3 is 2.43 bits per heavy atom. The van der Waals surface area contributed by atoms with E-state index in [0.717, 1.165) is 33.0 Å². The molecule has 1 atom stereocenters. The number of nitrogens with two attached hydrogens (primary N) is 1. The van der Waals surface area contributed by atoms with Crippen molar-refractivity contribution in [1.29, 1.82) is 0 Å². The van der Waals surface area contributed by atoms with Gasteiger partial charge in [-0.15, -0.1) is 5.10 Å². The first-order chi connectivity index (χ1) is 9.75. The standard InChI is InChI=1S/C16H23N3OS/c1-9-8-12(20-6)10(2)7-11(9)13(17)14-15(16(3,4)5)18-19-21-14/h7-8,13H,17H2,1-6H3. The van der Waals surface area contributed by atoms with Crippen LogP contribution in [-0.2, 0) is 5.41 Å². The van der Waals surface area contributed by atoms with Crippen LogP contribution in [0.15, 0.2) is 12.1 Å². The fourth-order valence-corrected chi connectivity index (χ4v) is 3.31. The van der Waals surface area contributed by atoms with Gasteiger partial charge in [-0.1, -0.05) is 31.3 Å². The van der Waals surface area contributed by atoms with Crippen LogP contribution in [0.5, 0.6) is 5.75 Å². The van der Waals surface area contributed by atoms with Crippen LogP contribution in [0.1, 0.15) is 54.1 Å². The zero-order valence-electron chi connectivity index (χ0n) is 13.5. The molecule has 0 aliphatic rings. The van der Waals surface area contributed by atoms with E-state index in [0.29, 0.717) is 0 Å². The van der Waals surface area contributed by atoms with Crippen LogP contribution >= 0.6 is 11.5 Å². The molecule has 5 heteroatoms. The summed E-state index contributed by atoms with van der Waals surface area (Å²) < 4.78 is 9.47. The van der Waals surface area contributed by atoms with Crippen LogP contribution in [0, 0.1) is 13.8 Å². The fourth-order valence-electron chi connectivity index (χ4n) is 2.43. The zero-order valence-corrected chi connectivity index (χ0v) is 14.3. The maximum absolute atomic E-state index is 6.51. The van der Waals surface area contributed by atoms with Crippen LogP contribution in [0.4, 0.5) is 0 Å². The van der Waals surface area contributed by atoms with Crippen LogP contribution in [-0.4, -0.2) is 16.7 Å². The number of nitrogens with zero attached hydrogens (tertiary/aromatic N) is 2. The van der Waals surface area contributed by atoms with Gasteiger partial charge < -0.3 is 10.5 Å². The molecule has 1 heterocycles. The Bertz CT molecular complexity index is 643. The highest BCUT2D eigenvalue weighted by Crippen LogP contribution is 2.35. The third-order valence-corrected chi connectivity index (χ3v) is 4.43. The summed E-state index contributed by atoms with van der Waals surface area (Å²) in [5.41, 5.74) is 10.7. The highest BCUT2D eigenvalue weighted by molar-refractivity contribution is 7.05. The molecule has 0 aliphatic carbocycles. The van der Waals surface area contributed by atoms with Crippen molar-refractivity contribution in [3.63, 3.8) is 0 Å². The van der Waals surface area contributed by atoms with E-state index in [2.05, 4.69) is 43.3 Å². The molecular weight excluding hydrogens is 282 g/mol. The van der Waals surface area contributed by atoms with Gasteiger partial charge >= 0.3 is 0 Å². The SMILES string of the molecule is COc1cc(C)c(C(N)c2snnc2C(C)(C)C)cc1C. The first-order valence-corrected chi connectivity index (χ1v) is 7.76. The van der Waals surface area contributed by atoms with Crippen LogP contribution in [0.2, 0.25) is 0 Å². The van der Waals surface area contributed by atoms with Gasteiger partial charge in [0, 0.05) is 5.41 Å².